The van der Waals surface area contributed by atoms with Crippen LogP contribution in [0.1, 0.15) is 259 Å². The smallest absolute Gasteiger partial charge is 0.00187 e. The summed E-state index contributed by atoms with van der Waals surface area (Å²) < 4.78 is 0. The predicted octanol–water partition coefficient (Wildman–Crippen LogP) is 15.7. The SMILES string of the molecule is CCCCCCCCCCCCN(CCCCCCCC)CCCCCCN(CCCCCCCC)CCCCCCCCCCCC. The lowest BCUT2D eigenvalue weighted by Crippen LogP contribution is -2.28. The van der Waals surface area contributed by atoms with E-state index in [0.717, 1.165) is 0 Å². The Labute approximate surface area is 307 Å². The van der Waals surface area contributed by atoms with Gasteiger partial charge >= 0.3 is 0 Å². The van der Waals surface area contributed by atoms with Crippen molar-refractivity contribution in [1.29, 1.82) is 0 Å². The molecule has 2 nitrogen and oxygen atoms in total. The van der Waals surface area contributed by atoms with E-state index in [0.29, 0.717) is 0 Å². The van der Waals surface area contributed by atoms with Gasteiger partial charge in [0.05, 0.1) is 0 Å². The highest BCUT2D eigenvalue weighted by Gasteiger charge is 2.07. The molecule has 0 aliphatic heterocycles. The maximum Gasteiger partial charge on any atom is -0.00187 e. The Hall–Kier alpha value is -0.0800. The van der Waals surface area contributed by atoms with Gasteiger partial charge in [-0.1, -0.05) is 220 Å². The average Bonchev–Trinajstić information content (AvgIpc) is 3.10. The van der Waals surface area contributed by atoms with Gasteiger partial charge in [-0.25, -0.2) is 0 Å². The third-order valence-corrected chi connectivity index (χ3v) is 11.0. The van der Waals surface area contributed by atoms with E-state index in [-0.39, 0.29) is 0 Å². The van der Waals surface area contributed by atoms with Crippen LogP contribution in [0.5, 0.6) is 0 Å². The average molecular weight is 677 g/mol. The van der Waals surface area contributed by atoms with E-state index in [9.17, 15) is 0 Å². The number of hydrogen-bond acceptors (Lipinski definition) is 2. The zero-order chi connectivity index (χ0) is 34.9. The van der Waals surface area contributed by atoms with Gasteiger partial charge in [0, 0.05) is 0 Å². The minimum absolute atomic E-state index is 1.35. The molecule has 0 aromatic rings. The standard InChI is InChI=1S/C46H96N2/c1-5-9-13-17-21-23-25-27-31-37-43-47(41-35-29-19-15-11-7-3)45-39-33-34-40-46-48(42-36-30-20-16-12-8-4)44-38-32-28-26-24-22-18-14-10-6-2/h5-46H2,1-4H3. The second kappa shape index (κ2) is 43.1. The predicted molar refractivity (Wildman–Crippen MR) is 222 cm³/mol. The van der Waals surface area contributed by atoms with Gasteiger partial charge in [-0.2, -0.15) is 0 Å². The summed E-state index contributed by atoms with van der Waals surface area (Å²) in [6.45, 7) is 17.4. The first-order chi connectivity index (χ1) is 23.8. The molecule has 0 heterocycles. The first-order valence-corrected chi connectivity index (χ1v) is 23.2. The van der Waals surface area contributed by atoms with Gasteiger partial charge < -0.3 is 9.80 Å². The lowest BCUT2D eigenvalue weighted by atomic mass is 10.1. The molecule has 0 unspecified atom stereocenters. The number of unbranched alkanes of at least 4 members (excludes halogenated alkanes) is 31. The summed E-state index contributed by atoms with van der Waals surface area (Å²) in [5.74, 6) is 0. The Kier molecular flexibility index (Phi) is 43.0. The Balaban J connectivity index is 4.30. The van der Waals surface area contributed by atoms with Crippen LogP contribution in [0.15, 0.2) is 0 Å². The lowest BCUT2D eigenvalue weighted by molar-refractivity contribution is 0.244. The van der Waals surface area contributed by atoms with Crippen LogP contribution in [0.4, 0.5) is 0 Å². The third-order valence-electron chi connectivity index (χ3n) is 11.0. The summed E-state index contributed by atoms with van der Waals surface area (Å²) in [4.78, 5) is 5.72. The molecule has 0 atom stereocenters. The van der Waals surface area contributed by atoms with Crippen molar-refractivity contribution in [3.05, 3.63) is 0 Å². The molecule has 0 spiro atoms. The van der Waals surface area contributed by atoms with Crippen LogP contribution < -0.4 is 0 Å². The van der Waals surface area contributed by atoms with Crippen LogP contribution in [-0.4, -0.2) is 49.1 Å². The van der Waals surface area contributed by atoms with E-state index in [1.807, 2.05) is 0 Å². The van der Waals surface area contributed by atoms with Crippen molar-refractivity contribution in [2.75, 3.05) is 39.3 Å². The van der Waals surface area contributed by atoms with Crippen molar-refractivity contribution in [1.82, 2.24) is 9.80 Å². The monoisotopic (exact) mass is 677 g/mol. The number of rotatable bonds is 43. The van der Waals surface area contributed by atoms with Gasteiger partial charge in [-0.05, 0) is 77.8 Å². The van der Waals surface area contributed by atoms with Crippen molar-refractivity contribution in [2.24, 2.45) is 0 Å². The van der Waals surface area contributed by atoms with E-state index in [2.05, 4.69) is 37.5 Å². The molecule has 0 aromatic heterocycles. The van der Waals surface area contributed by atoms with Crippen molar-refractivity contribution < 1.29 is 0 Å². The molecule has 0 radical (unpaired) electrons. The van der Waals surface area contributed by atoms with E-state index in [4.69, 9.17) is 0 Å². The minimum atomic E-state index is 1.35. The van der Waals surface area contributed by atoms with Crippen molar-refractivity contribution in [3.63, 3.8) is 0 Å². The van der Waals surface area contributed by atoms with Crippen LogP contribution in [0.3, 0.4) is 0 Å². The molecule has 0 saturated carbocycles. The summed E-state index contributed by atoms with van der Waals surface area (Å²) in [7, 11) is 0. The van der Waals surface area contributed by atoms with Gasteiger partial charge in [0.25, 0.3) is 0 Å². The molecule has 0 rings (SSSR count). The second-order valence-electron chi connectivity index (χ2n) is 16.0. The number of hydrogen-bond donors (Lipinski definition) is 0. The molecule has 0 aliphatic carbocycles. The topological polar surface area (TPSA) is 6.48 Å². The van der Waals surface area contributed by atoms with Gasteiger partial charge in [0.2, 0.25) is 0 Å². The van der Waals surface area contributed by atoms with Crippen LogP contribution in [-0.2, 0) is 0 Å². The first kappa shape index (κ1) is 47.9. The summed E-state index contributed by atoms with van der Waals surface area (Å²) >= 11 is 0. The van der Waals surface area contributed by atoms with Gasteiger partial charge in [0.1, 0.15) is 0 Å². The zero-order valence-electron chi connectivity index (χ0n) is 34.6. The Bertz CT molecular complexity index is 500. The molecule has 0 aromatic carbocycles. The molecule has 0 bridgehead atoms. The second-order valence-corrected chi connectivity index (χ2v) is 16.0. The van der Waals surface area contributed by atoms with E-state index in [1.54, 1.807) is 0 Å². The summed E-state index contributed by atoms with van der Waals surface area (Å²) in [6, 6.07) is 0. The Morgan fingerprint density at radius 3 is 0.438 bits per heavy atom. The Morgan fingerprint density at radius 2 is 0.292 bits per heavy atom. The molecule has 0 N–H and O–H groups in total. The first-order valence-electron chi connectivity index (χ1n) is 23.2. The van der Waals surface area contributed by atoms with Crippen molar-refractivity contribution >= 4 is 0 Å². The highest BCUT2D eigenvalue weighted by atomic mass is 15.1. The zero-order valence-corrected chi connectivity index (χ0v) is 34.6. The van der Waals surface area contributed by atoms with Gasteiger partial charge in [-0.15, -0.1) is 0 Å². The fraction of sp³-hybridized carbons (Fsp3) is 1.00. The van der Waals surface area contributed by atoms with Gasteiger partial charge in [0.15, 0.2) is 0 Å². The molecular weight excluding hydrogens is 581 g/mol. The van der Waals surface area contributed by atoms with Crippen LogP contribution in [0, 0.1) is 0 Å². The van der Waals surface area contributed by atoms with Crippen molar-refractivity contribution in [3.8, 4) is 0 Å². The lowest BCUT2D eigenvalue weighted by Gasteiger charge is -2.23. The molecular formula is C46H96N2. The normalized spacial score (nSPS) is 11.9. The van der Waals surface area contributed by atoms with Crippen LogP contribution in [0.2, 0.25) is 0 Å². The summed E-state index contributed by atoms with van der Waals surface area (Å²) in [6.07, 6.45) is 51.8. The van der Waals surface area contributed by atoms with Crippen LogP contribution >= 0.6 is 0 Å². The molecule has 2 heteroatoms. The third kappa shape index (κ3) is 38.7. The van der Waals surface area contributed by atoms with E-state index in [1.165, 1.54) is 270 Å². The van der Waals surface area contributed by atoms with Crippen LogP contribution in [0.25, 0.3) is 0 Å². The minimum Gasteiger partial charge on any atom is -0.303 e. The summed E-state index contributed by atoms with van der Waals surface area (Å²) in [5.41, 5.74) is 0. The Morgan fingerprint density at radius 1 is 0.167 bits per heavy atom. The fourth-order valence-corrected chi connectivity index (χ4v) is 7.57. The highest BCUT2D eigenvalue weighted by molar-refractivity contribution is 4.63. The molecule has 0 aliphatic rings. The van der Waals surface area contributed by atoms with E-state index < -0.39 is 0 Å². The van der Waals surface area contributed by atoms with E-state index >= 15 is 0 Å². The van der Waals surface area contributed by atoms with Gasteiger partial charge in [-0.3, -0.25) is 0 Å². The summed E-state index contributed by atoms with van der Waals surface area (Å²) in [5, 5.41) is 0. The largest absolute Gasteiger partial charge is 0.303 e. The molecule has 0 fully saturated rings. The maximum atomic E-state index is 2.86. The molecule has 48 heavy (non-hydrogen) atoms. The quantitative estimate of drug-likeness (QED) is 0.0593. The molecule has 0 saturated heterocycles. The molecule has 0 amide bonds. The fourth-order valence-electron chi connectivity index (χ4n) is 7.57. The van der Waals surface area contributed by atoms with Crippen molar-refractivity contribution in [2.45, 2.75) is 259 Å². The number of nitrogens with zero attached hydrogens (tertiary/aromatic N) is 2. The molecule has 290 valence electrons. The highest BCUT2D eigenvalue weighted by Crippen LogP contribution is 2.15. The maximum absolute atomic E-state index is 2.86.